The first-order chi connectivity index (χ1) is 7.83. The minimum Gasteiger partial charge on any atom is -0.274 e. The molecule has 2 amide bonds. The van der Waals surface area contributed by atoms with Crippen molar-refractivity contribution >= 4 is 11.8 Å². The van der Waals surface area contributed by atoms with Gasteiger partial charge in [-0.2, -0.15) is 26.3 Å². The molecular weight excluding hydrogens is 268 g/mol. The normalized spacial score (nSPS) is 12.2. The smallest absolute Gasteiger partial charge is 0.274 e. The fourth-order valence-corrected chi connectivity index (χ4v) is 0.950. The van der Waals surface area contributed by atoms with Crippen LogP contribution in [0.25, 0.3) is 0 Å². The number of amides is 2. The third kappa shape index (κ3) is 6.26. The Hall–Kier alpha value is -1.54. The molecule has 0 aliphatic rings. The second kappa shape index (κ2) is 5.40. The Bertz CT molecular complexity index is 357. The van der Waals surface area contributed by atoms with Gasteiger partial charge in [0, 0.05) is 5.57 Å². The maximum atomic E-state index is 12.1. The van der Waals surface area contributed by atoms with Crippen molar-refractivity contribution in [1.82, 2.24) is 4.90 Å². The van der Waals surface area contributed by atoms with Gasteiger partial charge in [0.05, 0.1) is 0 Å². The average molecular weight is 277 g/mol. The molecule has 0 saturated carbocycles. The molecule has 0 spiro atoms. The summed E-state index contributed by atoms with van der Waals surface area (Å²) in [5.74, 6) is -3.45. The van der Waals surface area contributed by atoms with Gasteiger partial charge in [-0.05, 0) is 6.92 Å². The topological polar surface area (TPSA) is 37.4 Å². The Morgan fingerprint density at radius 1 is 1.06 bits per heavy atom. The third-order valence-corrected chi connectivity index (χ3v) is 1.60. The first-order valence-electron chi connectivity index (χ1n) is 4.47. The van der Waals surface area contributed by atoms with Crippen LogP contribution in [0.3, 0.4) is 0 Å². The van der Waals surface area contributed by atoms with Gasteiger partial charge in [-0.15, -0.1) is 0 Å². The fourth-order valence-electron chi connectivity index (χ4n) is 0.950. The van der Waals surface area contributed by atoms with Crippen LogP contribution in [0.15, 0.2) is 12.2 Å². The number of imide groups is 1. The number of halogens is 6. The first-order valence-corrected chi connectivity index (χ1v) is 4.47. The Kier molecular flexibility index (Phi) is 4.94. The lowest BCUT2D eigenvalue weighted by molar-refractivity contribution is -0.179. The number of carbonyl (C=O) groups is 2. The highest BCUT2D eigenvalue weighted by Crippen LogP contribution is 2.23. The second-order valence-corrected chi connectivity index (χ2v) is 3.47. The highest BCUT2D eigenvalue weighted by Gasteiger charge is 2.40. The zero-order valence-corrected chi connectivity index (χ0v) is 9.15. The number of hydrogen-bond donors (Lipinski definition) is 0. The number of nitrogens with zero attached hydrogens (tertiary/aromatic N) is 1. The molecule has 0 atom stereocenters. The average Bonchev–Trinajstić information content (AvgIpc) is 2.08. The standard InChI is InChI=1S/C9H9F6NO2/c1-5(2)7(18)16(4-9(13,14)15)6(17)3-8(10,11)12/h1,3-4H2,2H3. The van der Waals surface area contributed by atoms with Crippen molar-refractivity contribution in [3.63, 3.8) is 0 Å². The SMILES string of the molecule is C=C(C)C(=O)N(CC(F)(F)F)C(=O)CC(F)(F)F. The molecule has 3 nitrogen and oxygen atoms in total. The summed E-state index contributed by atoms with van der Waals surface area (Å²) >= 11 is 0. The van der Waals surface area contributed by atoms with Gasteiger partial charge in [0.15, 0.2) is 0 Å². The van der Waals surface area contributed by atoms with Crippen LogP contribution in [-0.4, -0.2) is 35.6 Å². The van der Waals surface area contributed by atoms with Crippen LogP contribution in [0.4, 0.5) is 26.3 Å². The molecule has 0 N–H and O–H groups in total. The van der Waals surface area contributed by atoms with Crippen molar-refractivity contribution in [2.45, 2.75) is 25.7 Å². The lowest BCUT2D eigenvalue weighted by Gasteiger charge is -2.22. The van der Waals surface area contributed by atoms with E-state index in [1.165, 1.54) is 0 Å². The van der Waals surface area contributed by atoms with Crippen molar-refractivity contribution in [1.29, 1.82) is 0 Å². The van der Waals surface area contributed by atoms with Crippen LogP contribution in [0.2, 0.25) is 0 Å². The third-order valence-electron chi connectivity index (χ3n) is 1.60. The molecule has 104 valence electrons. The largest absolute Gasteiger partial charge is 0.406 e. The molecule has 0 aromatic carbocycles. The molecule has 0 aliphatic carbocycles. The lowest BCUT2D eigenvalue weighted by Crippen LogP contribution is -2.44. The van der Waals surface area contributed by atoms with E-state index in [2.05, 4.69) is 6.58 Å². The van der Waals surface area contributed by atoms with Gasteiger partial charge < -0.3 is 0 Å². The van der Waals surface area contributed by atoms with Crippen LogP contribution in [-0.2, 0) is 9.59 Å². The minimum absolute atomic E-state index is 0.463. The molecule has 18 heavy (non-hydrogen) atoms. The van der Waals surface area contributed by atoms with Gasteiger partial charge in [-0.25, -0.2) is 0 Å². The minimum atomic E-state index is -4.99. The van der Waals surface area contributed by atoms with E-state index < -0.39 is 47.6 Å². The molecule has 0 radical (unpaired) electrons. The highest BCUT2D eigenvalue weighted by atomic mass is 19.4. The zero-order valence-electron chi connectivity index (χ0n) is 9.15. The van der Waals surface area contributed by atoms with Gasteiger partial charge in [0.2, 0.25) is 5.91 Å². The maximum absolute atomic E-state index is 12.1. The van der Waals surface area contributed by atoms with E-state index in [4.69, 9.17) is 0 Å². The highest BCUT2D eigenvalue weighted by molar-refractivity contribution is 6.03. The summed E-state index contributed by atoms with van der Waals surface area (Å²) in [6, 6.07) is 0. The lowest BCUT2D eigenvalue weighted by atomic mass is 10.2. The summed E-state index contributed by atoms with van der Waals surface area (Å²) in [4.78, 5) is 21.7. The van der Waals surface area contributed by atoms with Gasteiger partial charge in [-0.1, -0.05) is 6.58 Å². The van der Waals surface area contributed by atoms with Crippen molar-refractivity contribution in [2.24, 2.45) is 0 Å². The Morgan fingerprint density at radius 3 is 1.78 bits per heavy atom. The summed E-state index contributed by atoms with van der Waals surface area (Å²) in [5.41, 5.74) is -0.463. The summed E-state index contributed by atoms with van der Waals surface area (Å²) in [6.45, 7) is 1.91. The molecule has 0 rings (SSSR count). The predicted molar refractivity (Wildman–Crippen MR) is 48.3 cm³/mol. The summed E-state index contributed by atoms with van der Waals surface area (Å²) in [5, 5.41) is 0. The summed E-state index contributed by atoms with van der Waals surface area (Å²) in [7, 11) is 0. The van der Waals surface area contributed by atoms with E-state index in [9.17, 15) is 35.9 Å². The van der Waals surface area contributed by atoms with Crippen LogP contribution in [0.1, 0.15) is 13.3 Å². The molecule has 0 bridgehead atoms. The fraction of sp³-hybridized carbons (Fsp3) is 0.556. The summed E-state index contributed by atoms with van der Waals surface area (Å²) < 4.78 is 71.9. The molecule has 0 fully saturated rings. The van der Waals surface area contributed by atoms with Gasteiger partial charge in [0.1, 0.15) is 13.0 Å². The van der Waals surface area contributed by atoms with Gasteiger partial charge >= 0.3 is 12.4 Å². The Morgan fingerprint density at radius 2 is 1.50 bits per heavy atom. The van der Waals surface area contributed by atoms with Gasteiger partial charge in [-0.3, -0.25) is 14.5 Å². The second-order valence-electron chi connectivity index (χ2n) is 3.47. The number of hydrogen-bond acceptors (Lipinski definition) is 2. The first kappa shape index (κ1) is 16.5. The monoisotopic (exact) mass is 277 g/mol. The van der Waals surface area contributed by atoms with E-state index in [0.29, 0.717) is 0 Å². The number of carbonyl (C=O) groups excluding carboxylic acids is 2. The van der Waals surface area contributed by atoms with E-state index in [1.54, 1.807) is 0 Å². The molecule has 0 aromatic heterocycles. The summed E-state index contributed by atoms with van der Waals surface area (Å²) in [6.07, 6.45) is -12.1. The van der Waals surface area contributed by atoms with E-state index in [-0.39, 0.29) is 0 Å². The van der Waals surface area contributed by atoms with Crippen LogP contribution >= 0.6 is 0 Å². The van der Waals surface area contributed by atoms with Crippen molar-refractivity contribution < 1.29 is 35.9 Å². The molecule has 0 aromatic rings. The zero-order chi connectivity index (χ0) is 14.7. The molecule has 9 heteroatoms. The Labute approximate surface area is 98.0 Å². The van der Waals surface area contributed by atoms with Crippen LogP contribution in [0, 0.1) is 0 Å². The molecule has 0 heterocycles. The number of alkyl halides is 6. The van der Waals surface area contributed by atoms with Crippen molar-refractivity contribution in [3.8, 4) is 0 Å². The van der Waals surface area contributed by atoms with E-state index >= 15 is 0 Å². The molecule has 0 unspecified atom stereocenters. The molecule has 0 saturated heterocycles. The quantitative estimate of drug-likeness (QED) is 0.587. The maximum Gasteiger partial charge on any atom is 0.406 e. The van der Waals surface area contributed by atoms with Crippen molar-refractivity contribution in [3.05, 3.63) is 12.2 Å². The van der Waals surface area contributed by atoms with Crippen molar-refractivity contribution in [2.75, 3.05) is 6.54 Å². The van der Waals surface area contributed by atoms with Crippen LogP contribution in [0.5, 0.6) is 0 Å². The van der Waals surface area contributed by atoms with Crippen LogP contribution < -0.4 is 0 Å². The van der Waals surface area contributed by atoms with E-state index in [1.807, 2.05) is 0 Å². The predicted octanol–water partition coefficient (Wildman–Crippen LogP) is 2.43. The molecular formula is C9H9F6NO2. The van der Waals surface area contributed by atoms with Gasteiger partial charge in [0.25, 0.3) is 5.91 Å². The molecule has 0 aliphatic heterocycles. The number of rotatable bonds is 3. The Balaban J connectivity index is 5.05. The van der Waals surface area contributed by atoms with E-state index in [0.717, 1.165) is 6.92 Å².